The second kappa shape index (κ2) is 5.36. The highest BCUT2D eigenvalue weighted by Crippen LogP contribution is 2.12. The third kappa shape index (κ3) is 2.88. The van der Waals surface area contributed by atoms with Crippen LogP contribution in [0.3, 0.4) is 0 Å². The molecule has 0 atom stereocenters. The lowest BCUT2D eigenvalue weighted by Crippen LogP contribution is -2.22. The lowest BCUT2D eigenvalue weighted by Gasteiger charge is -2.07. The summed E-state index contributed by atoms with van der Waals surface area (Å²) < 4.78 is 0. The van der Waals surface area contributed by atoms with Gasteiger partial charge in [0.25, 0.3) is 5.91 Å². The van der Waals surface area contributed by atoms with Crippen molar-refractivity contribution >= 4 is 11.6 Å². The monoisotopic (exact) mass is 240 g/mol. The molecule has 0 saturated carbocycles. The second-order valence-corrected chi connectivity index (χ2v) is 4.24. The van der Waals surface area contributed by atoms with Crippen LogP contribution in [0.2, 0.25) is 0 Å². The van der Waals surface area contributed by atoms with E-state index in [0.717, 1.165) is 11.1 Å². The number of hydrogen-bond acceptors (Lipinski definition) is 2. The molecule has 3 heteroatoms. The van der Waals surface area contributed by atoms with Gasteiger partial charge in [0, 0.05) is 17.8 Å². The number of nitrogen functional groups attached to an aromatic ring is 1. The molecular formula is C15H16N2O. The van der Waals surface area contributed by atoms with Crippen LogP contribution in [-0.4, -0.2) is 5.91 Å². The Balaban J connectivity index is 2.02. The molecule has 0 heterocycles. The molecular weight excluding hydrogens is 224 g/mol. The zero-order valence-electron chi connectivity index (χ0n) is 10.3. The number of anilines is 1. The van der Waals surface area contributed by atoms with E-state index in [9.17, 15) is 4.79 Å². The van der Waals surface area contributed by atoms with Gasteiger partial charge in [0.15, 0.2) is 0 Å². The maximum absolute atomic E-state index is 11.9. The first-order valence-corrected chi connectivity index (χ1v) is 5.85. The molecule has 18 heavy (non-hydrogen) atoms. The van der Waals surface area contributed by atoms with Gasteiger partial charge in [-0.15, -0.1) is 0 Å². The van der Waals surface area contributed by atoms with E-state index in [1.807, 2.05) is 43.3 Å². The Kier molecular flexibility index (Phi) is 3.63. The highest BCUT2D eigenvalue weighted by atomic mass is 16.1. The lowest BCUT2D eigenvalue weighted by molar-refractivity contribution is 0.0951. The van der Waals surface area contributed by atoms with Crippen molar-refractivity contribution in [2.24, 2.45) is 0 Å². The van der Waals surface area contributed by atoms with Crippen molar-refractivity contribution in [3.63, 3.8) is 0 Å². The van der Waals surface area contributed by atoms with Gasteiger partial charge in [0.2, 0.25) is 0 Å². The Morgan fingerprint density at radius 1 is 1.17 bits per heavy atom. The van der Waals surface area contributed by atoms with Crippen molar-refractivity contribution in [1.29, 1.82) is 0 Å². The van der Waals surface area contributed by atoms with Gasteiger partial charge < -0.3 is 11.1 Å². The van der Waals surface area contributed by atoms with Crippen LogP contribution < -0.4 is 11.1 Å². The average Bonchev–Trinajstić information content (AvgIpc) is 2.40. The van der Waals surface area contributed by atoms with Crippen LogP contribution in [0.5, 0.6) is 0 Å². The standard InChI is InChI=1S/C15H16N2O/c1-11-7-8-13(9-14(11)16)15(18)17-10-12-5-3-2-4-6-12/h2-9H,10,16H2,1H3,(H,17,18). The number of carbonyl (C=O) groups is 1. The summed E-state index contributed by atoms with van der Waals surface area (Å²) in [5.41, 5.74) is 9.07. The van der Waals surface area contributed by atoms with Gasteiger partial charge in [0.1, 0.15) is 0 Å². The predicted octanol–water partition coefficient (Wildman–Crippen LogP) is 2.51. The summed E-state index contributed by atoms with van der Waals surface area (Å²) in [6, 6.07) is 15.1. The summed E-state index contributed by atoms with van der Waals surface area (Å²) in [5.74, 6) is -0.106. The molecule has 3 nitrogen and oxygen atoms in total. The second-order valence-electron chi connectivity index (χ2n) is 4.24. The molecule has 0 fully saturated rings. The summed E-state index contributed by atoms with van der Waals surface area (Å²) >= 11 is 0. The smallest absolute Gasteiger partial charge is 0.251 e. The van der Waals surface area contributed by atoms with Gasteiger partial charge in [-0.2, -0.15) is 0 Å². The molecule has 0 spiro atoms. The average molecular weight is 240 g/mol. The fourth-order valence-corrected chi connectivity index (χ4v) is 1.66. The minimum absolute atomic E-state index is 0.106. The first-order chi connectivity index (χ1) is 8.66. The normalized spacial score (nSPS) is 10.1. The van der Waals surface area contributed by atoms with E-state index in [2.05, 4.69) is 5.32 Å². The first kappa shape index (κ1) is 12.2. The molecule has 0 radical (unpaired) electrons. The largest absolute Gasteiger partial charge is 0.398 e. The SMILES string of the molecule is Cc1ccc(C(=O)NCc2ccccc2)cc1N. The number of hydrogen-bond donors (Lipinski definition) is 2. The van der Waals surface area contributed by atoms with Crippen LogP contribution in [0.4, 0.5) is 5.69 Å². The van der Waals surface area contributed by atoms with Crippen LogP contribution >= 0.6 is 0 Å². The third-order valence-corrected chi connectivity index (χ3v) is 2.84. The van der Waals surface area contributed by atoms with E-state index in [-0.39, 0.29) is 5.91 Å². The number of nitrogens with two attached hydrogens (primary N) is 1. The van der Waals surface area contributed by atoms with E-state index < -0.39 is 0 Å². The highest BCUT2D eigenvalue weighted by molar-refractivity contribution is 5.95. The summed E-state index contributed by atoms with van der Waals surface area (Å²) in [4.78, 5) is 11.9. The quantitative estimate of drug-likeness (QED) is 0.810. The molecule has 0 saturated heterocycles. The Morgan fingerprint density at radius 2 is 1.89 bits per heavy atom. The van der Waals surface area contributed by atoms with Crippen molar-refractivity contribution < 1.29 is 4.79 Å². The van der Waals surface area contributed by atoms with Crippen LogP contribution in [0.25, 0.3) is 0 Å². The number of aryl methyl sites for hydroxylation is 1. The number of rotatable bonds is 3. The number of benzene rings is 2. The molecule has 92 valence electrons. The lowest BCUT2D eigenvalue weighted by atomic mass is 10.1. The fraction of sp³-hybridized carbons (Fsp3) is 0.133. The molecule has 0 aliphatic rings. The van der Waals surface area contributed by atoms with E-state index in [4.69, 9.17) is 5.73 Å². The summed E-state index contributed by atoms with van der Waals surface area (Å²) in [6.07, 6.45) is 0. The Bertz CT molecular complexity index is 550. The Morgan fingerprint density at radius 3 is 2.56 bits per heavy atom. The van der Waals surface area contributed by atoms with Crippen molar-refractivity contribution in [1.82, 2.24) is 5.32 Å². The topological polar surface area (TPSA) is 55.1 Å². The van der Waals surface area contributed by atoms with Gasteiger partial charge in [-0.1, -0.05) is 36.4 Å². The maximum Gasteiger partial charge on any atom is 0.251 e. The molecule has 0 aliphatic heterocycles. The van der Waals surface area contributed by atoms with Crippen LogP contribution in [0.1, 0.15) is 21.5 Å². The van der Waals surface area contributed by atoms with Gasteiger partial charge in [0.05, 0.1) is 0 Å². The molecule has 2 rings (SSSR count). The third-order valence-electron chi connectivity index (χ3n) is 2.84. The van der Waals surface area contributed by atoms with Gasteiger partial charge in [-0.3, -0.25) is 4.79 Å². The summed E-state index contributed by atoms with van der Waals surface area (Å²) in [5, 5.41) is 2.87. The maximum atomic E-state index is 11.9. The molecule has 0 aliphatic carbocycles. The Hall–Kier alpha value is -2.29. The first-order valence-electron chi connectivity index (χ1n) is 5.85. The van der Waals surface area contributed by atoms with Crippen LogP contribution in [-0.2, 0) is 6.54 Å². The summed E-state index contributed by atoms with van der Waals surface area (Å²) in [6.45, 7) is 2.44. The van der Waals surface area contributed by atoms with Crippen molar-refractivity contribution in [2.45, 2.75) is 13.5 Å². The molecule has 0 unspecified atom stereocenters. The minimum Gasteiger partial charge on any atom is -0.398 e. The van der Waals surface area contributed by atoms with Crippen LogP contribution in [0, 0.1) is 6.92 Å². The fourth-order valence-electron chi connectivity index (χ4n) is 1.66. The molecule has 0 bridgehead atoms. The van der Waals surface area contributed by atoms with Crippen molar-refractivity contribution in [2.75, 3.05) is 5.73 Å². The highest BCUT2D eigenvalue weighted by Gasteiger charge is 2.06. The van der Waals surface area contributed by atoms with Gasteiger partial charge in [-0.05, 0) is 30.2 Å². The van der Waals surface area contributed by atoms with E-state index in [1.165, 1.54) is 0 Å². The van der Waals surface area contributed by atoms with Crippen LogP contribution in [0.15, 0.2) is 48.5 Å². The minimum atomic E-state index is -0.106. The molecule has 3 N–H and O–H groups in total. The molecule has 1 amide bonds. The molecule has 2 aromatic carbocycles. The Labute approximate surface area is 107 Å². The van der Waals surface area contributed by atoms with E-state index in [1.54, 1.807) is 12.1 Å². The predicted molar refractivity (Wildman–Crippen MR) is 73.2 cm³/mol. The number of carbonyl (C=O) groups excluding carboxylic acids is 1. The molecule has 2 aromatic rings. The van der Waals surface area contributed by atoms with Crippen molar-refractivity contribution in [3.05, 3.63) is 65.2 Å². The summed E-state index contributed by atoms with van der Waals surface area (Å²) in [7, 11) is 0. The van der Waals surface area contributed by atoms with Gasteiger partial charge >= 0.3 is 0 Å². The number of nitrogens with one attached hydrogen (secondary N) is 1. The van der Waals surface area contributed by atoms with E-state index in [0.29, 0.717) is 17.8 Å². The number of amides is 1. The zero-order valence-corrected chi connectivity index (χ0v) is 10.3. The van der Waals surface area contributed by atoms with Crippen molar-refractivity contribution in [3.8, 4) is 0 Å². The van der Waals surface area contributed by atoms with E-state index >= 15 is 0 Å². The van der Waals surface area contributed by atoms with Gasteiger partial charge in [-0.25, -0.2) is 0 Å². The molecule has 0 aromatic heterocycles. The zero-order chi connectivity index (χ0) is 13.0.